The molecule has 0 fully saturated rings. The molecule has 5 heteroatoms. The summed E-state index contributed by atoms with van der Waals surface area (Å²) in [7, 11) is 0. The molecule has 3 aromatic rings. The number of aromatic nitrogens is 1. The lowest BCUT2D eigenvalue weighted by Gasteiger charge is -2.21. The van der Waals surface area contributed by atoms with Gasteiger partial charge in [-0.2, -0.15) is 0 Å². The Morgan fingerprint density at radius 1 is 1.11 bits per heavy atom. The molecule has 3 heterocycles. The molecule has 0 saturated heterocycles. The van der Waals surface area contributed by atoms with Gasteiger partial charge in [0.05, 0.1) is 0 Å². The molecule has 2 aliphatic heterocycles. The van der Waals surface area contributed by atoms with Crippen LogP contribution in [-0.2, 0) is 6.42 Å². The van der Waals surface area contributed by atoms with Crippen molar-refractivity contribution < 1.29 is 14.3 Å². The van der Waals surface area contributed by atoms with Crippen molar-refractivity contribution in [3.8, 4) is 11.5 Å². The summed E-state index contributed by atoms with van der Waals surface area (Å²) in [5.74, 6) is 1.50. The number of allylic oxidation sites excluding steroid dienone is 1. The summed E-state index contributed by atoms with van der Waals surface area (Å²) in [4.78, 5) is 16.3. The first kappa shape index (κ1) is 16.0. The first-order valence-electron chi connectivity index (χ1n) is 9.12. The van der Waals surface area contributed by atoms with Crippen molar-refractivity contribution in [2.45, 2.75) is 20.3 Å². The fourth-order valence-corrected chi connectivity index (χ4v) is 3.83. The Hall–Kier alpha value is -3.21. The van der Waals surface area contributed by atoms with E-state index in [9.17, 15) is 4.79 Å². The lowest BCUT2D eigenvalue weighted by Crippen LogP contribution is -2.23. The summed E-state index contributed by atoms with van der Waals surface area (Å²) in [6.45, 7) is 5.16. The Bertz CT molecular complexity index is 1120. The number of carbonyl (C=O) groups excluding carboxylic acids is 1. The first-order valence-corrected chi connectivity index (χ1v) is 9.12. The Balaban J connectivity index is 1.54. The largest absolute Gasteiger partial charge is 0.454 e. The average Bonchev–Trinajstić information content (AvgIpc) is 3.24. The zero-order valence-corrected chi connectivity index (χ0v) is 15.3. The highest BCUT2D eigenvalue weighted by Crippen LogP contribution is 2.38. The van der Waals surface area contributed by atoms with E-state index in [0.717, 1.165) is 52.3 Å². The van der Waals surface area contributed by atoms with E-state index >= 15 is 0 Å². The minimum absolute atomic E-state index is 0.0110. The Morgan fingerprint density at radius 3 is 2.78 bits per heavy atom. The molecule has 0 bridgehead atoms. The van der Waals surface area contributed by atoms with Gasteiger partial charge in [-0.3, -0.25) is 4.79 Å². The van der Waals surface area contributed by atoms with E-state index < -0.39 is 0 Å². The highest BCUT2D eigenvalue weighted by atomic mass is 16.7. The molecular weight excluding hydrogens is 340 g/mol. The van der Waals surface area contributed by atoms with Crippen LogP contribution in [0.4, 0.5) is 0 Å². The molecule has 0 amide bonds. The van der Waals surface area contributed by atoms with Crippen LogP contribution in [0.1, 0.15) is 32.7 Å². The maximum absolute atomic E-state index is 12.9. The lowest BCUT2D eigenvalue weighted by molar-refractivity contribution is 0.104. The number of ketones is 1. The number of aryl methyl sites for hydroxylation is 2. The smallest absolute Gasteiger partial charge is 0.231 e. The maximum Gasteiger partial charge on any atom is 0.231 e. The van der Waals surface area contributed by atoms with Crippen LogP contribution in [0.25, 0.3) is 16.6 Å². The van der Waals surface area contributed by atoms with Crippen molar-refractivity contribution in [1.82, 2.24) is 10.3 Å². The molecule has 5 nitrogen and oxygen atoms in total. The lowest BCUT2D eigenvalue weighted by atomic mass is 9.95. The summed E-state index contributed by atoms with van der Waals surface area (Å²) < 4.78 is 11.0. The third-order valence-corrected chi connectivity index (χ3v) is 5.47. The minimum Gasteiger partial charge on any atom is -0.454 e. The van der Waals surface area contributed by atoms with Gasteiger partial charge in [0.15, 0.2) is 17.3 Å². The van der Waals surface area contributed by atoms with Crippen molar-refractivity contribution in [2.75, 3.05) is 13.3 Å². The van der Waals surface area contributed by atoms with Crippen LogP contribution in [0.5, 0.6) is 11.5 Å². The van der Waals surface area contributed by atoms with Crippen molar-refractivity contribution in [2.24, 2.45) is 0 Å². The molecule has 136 valence electrons. The van der Waals surface area contributed by atoms with Crippen LogP contribution in [0.15, 0.2) is 36.4 Å². The molecule has 0 saturated carbocycles. The van der Waals surface area contributed by atoms with Crippen molar-refractivity contribution in [3.05, 3.63) is 64.4 Å². The first-order chi connectivity index (χ1) is 13.1. The zero-order valence-electron chi connectivity index (χ0n) is 15.3. The Kier molecular flexibility index (Phi) is 3.50. The maximum atomic E-state index is 12.9. The Labute approximate surface area is 157 Å². The van der Waals surface area contributed by atoms with E-state index in [-0.39, 0.29) is 12.6 Å². The second kappa shape index (κ2) is 5.91. The SMILES string of the molecule is Cc1[nH]c2ccc(C(=O)/C=C3\NCCc4cc5c(cc43)OCO5)cc2c1C. The van der Waals surface area contributed by atoms with Crippen molar-refractivity contribution in [1.29, 1.82) is 0 Å². The molecule has 0 spiro atoms. The number of hydrogen-bond acceptors (Lipinski definition) is 4. The number of nitrogens with one attached hydrogen (secondary N) is 2. The number of carbonyl (C=O) groups is 1. The minimum atomic E-state index is -0.0110. The summed E-state index contributed by atoms with van der Waals surface area (Å²) in [5.41, 5.74) is 7.07. The fraction of sp³-hybridized carbons (Fsp3) is 0.227. The molecular formula is C22H20N2O3. The number of aromatic amines is 1. The molecule has 2 N–H and O–H groups in total. The topological polar surface area (TPSA) is 63.4 Å². The molecule has 1 aromatic heterocycles. The van der Waals surface area contributed by atoms with Gasteiger partial charge in [-0.15, -0.1) is 0 Å². The van der Waals surface area contributed by atoms with Gasteiger partial charge in [-0.25, -0.2) is 0 Å². The van der Waals surface area contributed by atoms with Gasteiger partial charge in [0.1, 0.15) is 0 Å². The number of rotatable bonds is 2. The molecule has 0 aliphatic carbocycles. The van der Waals surface area contributed by atoms with E-state index in [0.29, 0.717) is 5.56 Å². The van der Waals surface area contributed by atoms with Gasteiger partial charge < -0.3 is 19.8 Å². The van der Waals surface area contributed by atoms with Crippen molar-refractivity contribution >= 4 is 22.4 Å². The second-order valence-corrected chi connectivity index (χ2v) is 7.10. The number of H-pyrrole nitrogens is 1. The monoisotopic (exact) mass is 360 g/mol. The van der Waals surface area contributed by atoms with Crippen LogP contribution in [-0.4, -0.2) is 24.1 Å². The van der Waals surface area contributed by atoms with Gasteiger partial charge in [0, 0.05) is 46.0 Å². The fourth-order valence-electron chi connectivity index (χ4n) is 3.83. The second-order valence-electron chi connectivity index (χ2n) is 7.10. The van der Waals surface area contributed by atoms with E-state index in [2.05, 4.69) is 17.2 Å². The number of benzene rings is 2. The molecule has 2 aliphatic rings. The molecule has 5 rings (SSSR count). The highest BCUT2D eigenvalue weighted by Gasteiger charge is 2.22. The van der Waals surface area contributed by atoms with Crippen LogP contribution < -0.4 is 14.8 Å². The predicted molar refractivity (Wildman–Crippen MR) is 104 cm³/mol. The highest BCUT2D eigenvalue weighted by molar-refractivity contribution is 6.10. The average molecular weight is 360 g/mol. The summed E-state index contributed by atoms with van der Waals surface area (Å²) in [6.07, 6.45) is 2.58. The number of hydrogen-bond donors (Lipinski definition) is 2. The van der Waals surface area contributed by atoms with Gasteiger partial charge in [0.25, 0.3) is 0 Å². The van der Waals surface area contributed by atoms with Gasteiger partial charge >= 0.3 is 0 Å². The molecule has 0 radical (unpaired) electrons. The van der Waals surface area contributed by atoms with Crippen LogP contribution in [0, 0.1) is 13.8 Å². The summed E-state index contributed by atoms with van der Waals surface area (Å²) in [5, 5.41) is 4.45. The number of fused-ring (bicyclic) bond motifs is 3. The van der Waals surface area contributed by atoms with E-state index in [4.69, 9.17) is 9.47 Å². The molecule has 0 atom stereocenters. The third kappa shape index (κ3) is 2.58. The van der Waals surface area contributed by atoms with Crippen LogP contribution >= 0.6 is 0 Å². The van der Waals surface area contributed by atoms with Crippen LogP contribution in [0.3, 0.4) is 0 Å². The molecule has 27 heavy (non-hydrogen) atoms. The predicted octanol–water partition coefficient (Wildman–Crippen LogP) is 3.88. The van der Waals surface area contributed by atoms with Gasteiger partial charge in [-0.05, 0) is 61.7 Å². The normalized spacial score (nSPS) is 16.4. The van der Waals surface area contributed by atoms with E-state index in [1.54, 1.807) is 6.08 Å². The third-order valence-electron chi connectivity index (χ3n) is 5.47. The van der Waals surface area contributed by atoms with Crippen molar-refractivity contribution in [3.63, 3.8) is 0 Å². The summed E-state index contributed by atoms with van der Waals surface area (Å²) in [6, 6.07) is 9.80. The van der Waals surface area contributed by atoms with E-state index in [1.807, 2.05) is 37.3 Å². The zero-order chi connectivity index (χ0) is 18.5. The Morgan fingerprint density at radius 2 is 1.93 bits per heavy atom. The van der Waals surface area contributed by atoms with Gasteiger partial charge in [0.2, 0.25) is 6.79 Å². The molecule has 2 aromatic carbocycles. The van der Waals surface area contributed by atoms with E-state index in [1.165, 1.54) is 11.1 Å². The number of ether oxygens (including phenoxy) is 2. The quantitative estimate of drug-likeness (QED) is 0.538. The van der Waals surface area contributed by atoms with Gasteiger partial charge in [-0.1, -0.05) is 0 Å². The van der Waals surface area contributed by atoms with Crippen LogP contribution in [0.2, 0.25) is 0 Å². The molecule has 0 unspecified atom stereocenters. The summed E-state index contributed by atoms with van der Waals surface area (Å²) >= 11 is 0. The standard InChI is InChI=1S/C22H20N2O3/c1-12-13(2)24-18-4-3-15(7-16(12)18)20(25)10-19-17-9-22-21(26-11-27-22)8-14(17)5-6-23-19/h3-4,7-10,23-24H,5-6,11H2,1-2H3/b19-10-.